The molecule has 1 fully saturated rings. The van der Waals surface area contributed by atoms with Crippen molar-refractivity contribution in [3.05, 3.63) is 86.3 Å². The molecule has 2 aromatic heterocycles. The van der Waals surface area contributed by atoms with E-state index in [1.165, 1.54) is 22.7 Å². The van der Waals surface area contributed by atoms with Gasteiger partial charge in [0.25, 0.3) is 0 Å². The van der Waals surface area contributed by atoms with E-state index in [0.717, 1.165) is 48.1 Å². The number of nitrogens with zero attached hydrogens (tertiary/aromatic N) is 1. The Hall–Kier alpha value is -3.20. The number of aromatic carboxylic acids is 1. The van der Waals surface area contributed by atoms with Gasteiger partial charge in [0.1, 0.15) is 11.4 Å². The largest absolute Gasteiger partial charge is 0.494 e. The number of carboxylic acid groups (broad SMARTS) is 1. The molecule has 4 aromatic rings. The maximum Gasteiger partial charge on any atom is 0.341 e. The zero-order valence-electron chi connectivity index (χ0n) is 20.8. The van der Waals surface area contributed by atoms with Crippen molar-refractivity contribution < 1.29 is 19.0 Å². The molecular formula is C29H28ClFN2O4S. The van der Waals surface area contributed by atoms with E-state index >= 15 is 0 Å². The summed E-state index contributed by atoms with van der Waals surface area (Å²) in [5, 5.41) is 13.6. The van der Waals surface area contributed by atoms with Crippen molar-refractivity contribution in [1.82, 2.24) is 9.88 Å². The van der Waals surface area contributed by atoms with E-state index in [1.807, 2.05) is 16.7 Å². The topological polar surface area (TPSA) is 80.6 Å². The highest BCUT2D eigenvalue weighted by molar-refractivity contribution is 7.15. The maximum atomic E-state index is 13.6. The lowest BCUT2D eigenvalue weighted by atomic mass is 9.93. The van der Waals surface area contributed by atoms with Gasteiger partial charge in [0.05, 0.1) is 18.0 Å². The average molecular weight is 555 g/mol. The third kappa shape index (κ3) is 4.72. The van der Waals surface area contributed by atoms with Crippen molar-refractivity contribution in [3.8, 4) is 16.2 Å². The average Bonchev–Trinajstić information content (AvgIpc) is 3.64. The van der Waals surface area contributed by atoms with Crippen LogP contribution in [0, 0.1) is 5.82 Å². The van der Waals surface area contributed by atoms with Gasteiger partial charge < -0.3 is 19.7 Å². The lowest BCUT2D eigenvalue weighted by molar-refractivity contribution is 0.0695. The summed E-state index contributed by atoms with van der Waals surface area (Å²) in [6.45, 7) is 0.589. The molecule has 38 heavy (non-hydrogen) atoms. The number of fused-ring (bicyclic) bond motifs is 2. The first-order valence-electron chi connectivity index (χ1n) is 12.5. The second kappa shape index (κ2) is 10.5. The number of thiophene rings is 1. The van der Waals surface area contributed by atoms with Crippen LogP contribution in [-0.4, -0.2) is 22.8 Å². The number of hydrogen-bond acceptors (Lipinski definition) is 5. The number of pyridine rings is 1. The zero-order chi connectivity index (χ0) is 25.7. The van der Waals surface area contributed by atoms with E-state index in [4.69, 9.17) is 4.74 Å². The Morgan fingerprint density at radius 3 is 2.74 bits per heavy atom. The molecule has 2 aromatic carbocycles. The van der Waals surface area contributed by atoms with E-state index < -0.39 is 11.4 Å². The Kier molecular flexibility index (Phi) is 7.31. The first-order chi connectivity index (χ1) is 17.9. The highest BCUT2D eigenvalue weighted by Gasteiger charge is 2.30. The van der Waals surface area contributed by atoms with Crippen LogP contribution in [0.15, 0.2) is 53.5 Å². The summed E-state index contributed by atoms with van der Waals surface area (Å²) in [4.78, 5) is 27.1. The van der Waals surface area contributed by atoms with Crippen LogP contribution in [-0.2, 0) is 13.0 Å². The Bertz CT molecular complexity index is 1590. The summed E-state index contributed by atoms with van der Waals surface area (Å²) >= 11 is 1.74. The Balaban J connectivity index is 0.00000294. The van der Waals surface area contributed by atoms with Crippen molar-refractivity contribution in [1.29, 1.82) is 0 Å². The summed E-state index contributed by atoms with van der Waals surface area (Å²) < 4.78 is 21.5. The van der Waals surface area contributed by atoms with Crippen LogP contribution < -0.4 is 15.5 Å². The summed E-state index contributed by atoms with van der Waals surface area (Å²) in [7, 11) is 1.60. The zero-order valence-corrected chi connectivity index (χ0v) is 22.5. The molecule has 0 amide bonds. The molecule has 2 aliphatic carbocycles. The maximum absolute atomic E-state index is 13.6. The Morgan fingerprint density at radius 2 is 2.03 bits per heavy atom. The number of ether oxygens (including phenoxy) is 1. The standard InChI is InChI=1S/C29H27FN2O4S.ClH/c1-36-28-19(10-11-20-26(28)32(18-8-9-18)15-22(27(20)33)29(34)35)25-13-21-23(6-3-7-24(21)37-25)31-14-16-4-2-5-17(30)12-16;/h2,4-5,10-13,15,18,23,31H,3,6-9,14H2,1H3,(H,34,35);1H. The van der Waals surface area contributed by atoms with Crippen LogP contribution in [0.2, 0.25) is 0 Å². The molecule has 1 atom stereocenters. The first-order valence-corrected chi connectivity index (χ1v) is 13.4. The first kappa shape index (κ1) is 26.4. The lowest BCUT2D eigenvalue weighted by Gasteiger charge is -2.23. The van der Waals surface area contributed by atoms with Crippen molar-refractivity contribution in [2.45, 2.75) is 50.7 Å². The molecule has 2 heterocycles. The van der Waals surface area contributed by atoms with Gasteiger partial charge in [-0.25, -0.2) is 9.18 Å². The highest BCUT2D eigenvalue weighted by atomic mass is 35.5. The molecule has 0 saturated heterocycles. The van der Waals surface area contributed by atoms with Gasteiger partial charge in [-0.15, -0.1) is 23.7 Å². The fourth-order valence-corrected chi connectivity index (χ4v) is 6.69. The van der Waals surface area contributed by atoms with Gasteiger partial charge in [-0.3, -0.25) is 4.79 Å². The van der Waals surface area contributed by atoms with Crippen LogP contribution >= 0.6 is 23.7 Å². The summed E-state index contributed by atoms with van der Waals surface area (Å²) in [5.74, 6) is -0.849. The number of rotatable bonds is 7. The Labute approximate surface area is 229 Å². The number of benzene rings is 2. The normalized spacial score (nSPS) is 16.6. The number of carbonyl (C=O) groups is 1. The number of nitrogens with one attached hydrogen (secondary N) is 1. The Morgan fingerprint density at radius 1 is 1.21 bits per heavy atom. The molecule has 6 rings (SSSR count). The number of aryl methyl sites for hydroxylation is 1. The smallest absolute Gasteiger partial charge is 0.341 e. The highest BCUT2D eigenvalue weighted by Crippen LogP contribution is 2.46. The number of carboxylic acids is 1. The van der Waals surface area contributed by atoms with Crippen LogP contribution in [0.5, 0.6) is 5.75 Å². The number of hydrogen-bond donors (Lipinski definition) is 2. The molecule has 0 spiro atoms. The third-order valence-corrected chi connectivity index (χ3v) is 8.59. The molecule has 6 nitrogen and oxygen atoms in total. The van der Waals surface area contributed by atoms with Gasteiger partial charge in [0.15, 0.2) is 5.75 Å². The predicted molar refractivity (Wildman–Crippen MR) is 149 cm³/mol. The predicted octanol–water partition coefficient (Wildman–Crippen LogP) is 6.50. The molecule has 9 heteroatoms. The van der Waals surface area contributed by atoms with E-state index in [9.17, 15) is 19.1 Å². The molecule has 1 unspecified atom stereocenters. The minimum absolute atomic E-state index is 0. The number of methoxy groups -OCH3 is 1. The lowest BCUT2D eigenvalue weighted by Crippen LogP contribution is -2.23. The van der Waals surface area contributed by atoms with Gasteiger partial charge in [-0.05, 0) is 73.6 Å². The molecule has 2 aliphatic rings. The summed E-state index contributed by atoms with van der Waals surface area (Å²) in [6.07, 6.45) is 6.44. The van der Waals surface area contributed by atoms with Crippen LogP contribution in [0.25, 0.3) is 21.3 Å². The fraction of sp³-hybridized carbons (Fsp3) is 0.310. The summed E-state index contributed by atoms with van der Waals surface area (Å²) in [6, 6.07) is 12.8. The quantitative estimate of drug-likeness (QED) is 0.272. The number of halogens is 2. The van der Waals surface area contributed by atoms with E-state index in [1.54, 1.807) is 36.6 Å². The molecule has 0 radical (unpaired) electrons. The van der Waals surface area contributed by atoms with Crippen LogP contribution in [0.3, 0.4) is 0 Å². The minimum Gasteiger partial charge on any atom is -0.494 e. The van der Waals surface area contributed by atoms with Crippen molar-refractivity contribution in [3.63, 3.8) is 0 Å². The second-order valence-electron chi connectivity index (χ2n) is 9.80. The molecule has 198 valence electrons. The van der Waals surface area contributed by atoms with Crippen molar-refractivity contribution in [2.24, 2.45) is 0 Å². The van der Waals surface area contributed by atoms with Gasteiger partial charge in [-0.1, -0.05) is 12.1 Å². The van der Waals surface area contributed by atoms with Gasteiger partial charge >= 0.3 is 5.97 Å². The third-order valence-electron chi connectivity index (χ3n) is 7.34. The van der Waals surface area contributed by atoms with Gasteiger partial charge in [-0.2, -0.15) is 0 Å². The molecule has 0 aliphatic heterocycles. The van der Waals surface area contributed by atoms with Gasteiger partial charge in [0.2, 0.25) is 5.43 Å². The number of aromatic nitrogens is 1. The molecule has 0 bridgehead atoms. The van der Waals surface area contributed by atoms with Crippen molar-refractivity contribution >= 4 is 40.6 Å². The van der Waals surface area contributed by atoms with Gasteiger partial charge in [0, 0.05) is 40.1 Å². The second-order valence-corrected chi connectivity index (χ2v) is 10.9. The van der Waals surface area contributed by atoms with Crippen LogP contribution in [0.4, 0.5) is 4.39 Å². The molecule has 2 N–H and O–H groups in total. The van der Waals surface area contributed by atoms with E-state index in [2.05, 4.69) is 11.4 Å². The van der Waals surface area contributed by atoms with E-state index in [-0.39, 0.29) is 35.9 Å². The van der Waals surface area contributed by atoms with Crippen molar-refractivity contribution in [2.75, 3.05) is 7.11 Å². The SMILES string of the molecule is COc1c(-c2cc3c(s2)CCCC3NCc2cccc(F)c2)ccc2c(=O)c(C(=O)O)cn(C3CC3)c12.Cl. The minimum atomic E-state index is -1.22. The van der Waals surface area contributed by atoms with E-state index in [0.29, 0.717) is 23.2 Å². The summed E-state index contributed by atoms with van der Waals surface area (Å²) in [5.41, 5.74) is 3.02. The fourth-order valence-electron chi connectivity index (χ4n) is 5.40. The van der Waals surface area contributed by atoms with Crippen LogP contribution in [0.1, 0.15) is 64.1 Å². The molecular weight excluding hydrogens is 527 g/mol. The molecule has 1 saturated carbocycles. The monoisotopic (exact) mass is 554 g/mol.